The van der Waals surface area contributed by atoms with Gasteiger partial charge in [-0.05, 0) is 36.6 Å². The summed E-state index contributed by atoms with van der Waals surface area (Å²) >= 11 is 0. The first-order chi connectivity index (χ1) is 19.8. The molecule has 1 aromatic carbocycles. The van der Waals surface area contributed by atoms with E-state index < -0.39 is 21.6 Å². The van der Waals surface area contributed by atoms with Crippen LogP contribution in [-0.4, -0.2) is 71.2 Å². The van der Waals surface area contributed by atoms with Crippen LogP contribution in [0, 0.1) is 0 Å². The molecule has 1 fully saturated rings. The highest BCUT2D eigenvalue weighted by Crippen LogP contribution is 2.33. The summed E-state index contributed by atoms with van der Waals surface area (Å²) in [6.07, 6.45) is 7.14. The number of nitrogens with one attached hydrogen (secondary N) is 1. The molecule has 1 saturated heterocycles. The zero-order valence-electron chi connectivity index (χ0n) is 23.8. The van der Waals surface area contributed by atoms with E-state index in [2.05, 4.69) is 26.9 Å². The molecule has 41 heavy (non-hydrogen) atoms. The molecule has 0 spiro atoms. The van der Waals surface area contributed by atoms with Gasteiger partial charge in [0.1, 0.15) is 11.6 Å². The molecule has 1 aliphatic heterocycles. The van der Waals surface area contributed by atoms with Gasteiger partial charge in [-0.3, -0.25) is 4.79 Å². The number of ether oxygens (including phenoxy) is 2. The van der Waals surface area contributed by atoms with Crippen LogP contribution in [-0.2, 0) is 14.8 Å². The molecule has 3 heterocycles. The summed E-state index contributed by atoms with van der Waals surface area (Å²) in [5.41, 5.74) is 9.48. The van der Waals surface area contributed by atoms with Crippen molar-refractivity contribution < 1.29 is 17.9 Å². The smallest absolute Gasteiger partial charge is 0.279 e. The Morgan fingerprint density at radius 3 is 2.68 bits per heavy atom. The molecule has 4 rings (SSSR count). The number of hydrogen-bond donors (Lipinski definition) is 1. The fraction of sp³-hybridized carbons (Fsp3) is 0.593. The second-order valence-electron chi connectivity index (χ2n) is 10.1. The van der Waals surface area contributed by atoms with Crippen molar-refractivity contribution in [3.8, 4) is 17.1 Å². The van der Waals surface area contributed by atoms with Gasteiger partial charge in [0, 0.05) is 24.0 Å². The number of unbranched alkanes of at least 4 members (excludes halogenated alkanes) is 3. The number of nitrogens with zero attached hydrogens (tertiary/aromatic N) is 7. The number of azide groups is 1. The standard InChI is InChI=1S/C27H38N8O5S/c1-4-6-7-8-9-22(19(3)32-33-28)35-18-29-24-26(35)30-25(31-27(24)36)21-17-20(10-11-23(21)40-14-5-2)41(37,38)34-12-15-39-16-13-34/h10-11,17-19,22H,4-9,12-16H2,1-3H3,(H,30,31,36). The zero-order valence-corrected chi connectivity index (χ0v) is 24.6. The van der Waals surface area contributed by atoms with Crippen LogP contribution in [0.2, 0.25) is 0 Å². The number of aromatic nitrogens is 4. The minimum Gasteiger partial charge on any atom is -0.493 e. The van der Waals surface area contributed by atoms with Crippen LogP contribution in [0.5, 0.6) is 5.75 Å². The largest absolute Gasteiger partial charge is 0.493 e. The summed E-state index contributed by atoms with van der Waals surface area (Å²) < 4.78 is 41.3. The van der Waals surface area contributed by atoms with Crippen molar-refractivity contribution in [2.75, 3.05) is 32.9 Å². The van der Waals surface area contributed by atoms with Crippen molar-refractivity contribution in [3.05, 3.63) is 45.3 Å². The molecule has 2 unspecified atom stereocenters. The quantitative estimate of drug-likeness (QED) is 0.122. The molecular weight excluding hydrogens is 548 g/mol. The molecule has 13 nitrogen and oxygen atoms in total. The van der Waals surface area contributed by atoms with Crippen LogP contribution in [0.1, 0.15) is 65.3 Å². The second-order valence-corrected chi connectivity index (χ2v) is 12.1. The Morgan fingerprint density at radius 2 is 1.98 bits per heavy atom. The number of imidazole rings is 1. The highest BCUT2D eigenvalue weighted by atomic mass is 32.2. The average Bonchev–Trinajstić information content (AvgIpc) is 3.40. The number of aromatic amines is 1. The van der Waals surface area contributed by atoms with Crippen LogP contribution >= 0.6 is 0 Å². The maximum absolute atomic E-state index is 13.4. The van der Waals surface area contributed by atoms with Crippen molar-refractivity contribution >= 4 is 21.2 Å². The lowest BCUT2D eigenvalue weighted by molar-refractivity contribution is 0.0730. The molecular formula is C27H38N8O5S. The minimum absolute atomic E-state index is 0.0697. The van der Waals surface area contributed by atoms with Crippen molar-refractivity contribution in [1.29, 1.82) is 0 Å². The normalized spacial score (nSPS) is 15.9. The molecule has 0 aliphatic carbocycles. The fourth-order valence-corrected chi connectivity index (χ4v) is 6.41. The predicted molar refractivity (Wildman–Crippen MR) is 155 cm³/mol. The topological polar surface area (TPSA) is 168 Å². The van der Waals surface area contributed by atoms with Gasteiger partial charge in [-0.1, -0.05) is 51.6 Å². The molecule has 14 heteroatoms. The van der Waals surface area contributed by atoms with E-state index in [1.54, 1.807) is 17.0 Å². The van der Waals surface area contributed by atoms with Crippen LogP contribution in [0.3, 0.4) is 0 Å². The Morgan fingerprint density at radius 1 is 1.20 bits per heavy atom. The summed E-state index contributed by atoms with van der Waals surface area (Å²) in [4.78, 5) is 28.2. The van der Waals surface area contributed by atoms with E-state index in [1.165, 1.54) is 16.4 Å². The maximum atomic E-state index is 13.4. The van der Waals surface area contributed by atoms with E-state index in [-0.39, 0.29) is 35.4 Å². The first-order valence-corrected chi connectivity index (χ1v) is 15.6. The highest BCUT2D eigenvalue weighted by molar-refractivity contribution is 7.89. The fourth-order valence-electron chi connectivity index (χ4n) is 4.98. The Labute approximate surface area is 239 Å². The third kappa shape index (κ3) is 6.89. The number of hydrogen-bond acceptors (Lipinski definition) is 8. The summed E-state index contributed by atoms with van der Waals surface area (Å²) in [5, 5.41) is 3.94. The van der Waals surface area contributed by atoms with Crippen molar-refractivity contribution in [1.82, 2.24) is 23.8 Å². The number of morpholine rings is 1. The van der Waals surface area contributed by atoms with Gasteiger partial charge < -0.3 is 19.0 Å². The molecule has 0 amide bonds. The summed E-state index contributed by atoms with van der Waals surface area (Å²) in [7, 11) is -3.81. The van der Waals surface area contributed by atoms with Gasteiger partial charge in [0.25, 0.3) is 5.56 Å². The van der Waals surface area contributed by atoms with E-state index in [4.69, 9.17) is 20.0 Å². The van der Waals surface area contributed by atoms with Gasteiger partial charge in [0.05, 0.1) is 42.6 Å². The average molecular weight is 587 g/mol. The highest BCUT2D eigenvalue weighted by Gasteiger charge is 2.28. The number of benzene rings is 1. The molecule has 0 radical (unpaired) electrons. The zero-order chi connectivity index (χ0) is 29.4. The van der Waals surface area contributed by atoms with Crippen molar-refractivity contribution in [3.63, 3.8) is 0 Å². The van der Waals surface area contributed by atoms with Gasteiger partial charge in [-0.25, -0.2) is 18.4 Å². The molecule has 2 atom stereocenters. The molecule has 222 valence electrons. The van der Waals surface area contributed by atoms with E-state index in [1.807, 2.05) is 13.8 Å². The van der Waals surface area contributed by atoms with Crippen LogP contribution in [0.25, 0.3) is 33.0 Å². The van der Waals surface area contributed by atoms with Gasteiger partial charge in [-0.15, -0.1) is 0 Å². The summed E-state index contributed by atoms with van der Waals surface area (Å²) in [6.45, 7) is 7.51. The third-order valence-electron chi connectivity index (χ3n) is 7.21. The van der Waals surface area contributed by atoms with Gasteiger partial charge in [0.15, 0.2) is 11.2 Å². The van der Waals surface area contributed by atoms with Crippen LogP contribution < -0.4 is 10.3 Å². The number of H-pyrrole nitrogens is 1. The first-order valence-electron chi connectivity index (χ1n) is 14.2. The minimum atomic E-state index is -3.81. The lowest BCUT2D eigenvalue weighted by Crippen LogP contribution is -2.40. The molecule has 2 aromatic heterocycles. The maximum Gasteiger partial charge on any atom is 0.279 e. The van der Waals surface area contributed by atoms with E-state index in [0.29, 0.717) is 43.2 Å². The Kier molecular flexibility index (Phi) is 10.4. The second kappa shape index (κ2) is 13.9. The van der Waals surface area contributed by atoms with Gasteiger partial charge in [0.2, 0.25) is 10.0 Å². The lowest BCUT2D eigenvalue weighted by atomic mass is 10.0. The van der Waals surface area contributed by atoms with Crippen LogP contribution in [0.4, 0.5) is 0 Å². The monoisotopic (exact) mass is 586 g/mol. The molecule has 1 aliphatic rings. The Bertz CT molecular complexity index is 1540. The third-order valence-corrected chi connectivity index (χ3v) is 9.10. The lowest BCUT2D eigenvalue weighted by Gasteiger charge is -2.26. The van der Waals surface area contributed by atoms with Gasteiger partial charge in [-0.2, -0.15) is 4.31 Å². The SMILES string of the molecule is CCCCCCC(C(C)N=[N+]=[N-])n1cnc2c(=O)[nH]c(-c3cc(S(=O)(=O)N4CCOCC4)ccc3OCCC)nc21. The van der Waals surface area contributed by atoms with Crippen molar-refractivity contribution in [2.24, 2.45) is 5.11 Å². The molecule has 1 N–H and O–H groups in total. The Hall–Kier alpha value is -3.45. The Balaban J connectivity index is 1.83. The van der Waals surface area contributed by atoms with Gasteiger partial charge >= 0.3 is 0 Å². The summed E-state index contributed by atoms with van der Waals surface area (Å²) in [5.74, 6) is 0.565. The first kappa shape index (κ1) is 30.5. The number of fused-ring (bicyclic) bond motifs is 1. The molecule has 3 aromatic rings. The summed E-state index contributed by atoms with van der Waals surface area (Å²) in [6, 6.07) is 3.92. The van der Waals surface area contributed by atoms with Crippen molar-refractivity contribution in [2.45, 2.75) is 76.3 Å². The predicted octanol–water partition coefficient (Wildman–Crippen LogP) is 4.81. The number of sulfonamides is 1. The van der Waals surface area contributed by atoms with E-state index in [0.717, 1.165) is 32.1 Å². The molecule has 0 bridgehead atoms. The van der Waals surface area contributed by atoms with E-state index in [9.17, 15) is 13.2 Å². The van der Waals surface area contributed by atoms with Crippen LogP contribution in [0.15, 0.2) is 39.3 Å². The number of rotatable bonds is 14. The molecule has 0 saturated carbocycles. The van der Waals surface area contributed by atoms with E-state index >= 15 is 0 Å².